The molecule has 0 atom stereocenters. The Hall–Kier alpha value is -1.74. The fourth-order valence-corrected chi connectivity index (χ4v) is 0.677. The van der Waals surface area contributed by atoms with Gasteiger partial charge in [0.2, 0.25) is 0 Å². The van der Waals surface area contributed by atoms with Crippen molar-refractivity contribution < 1.29 is 0 Å². The summed E-state index contributed by atoms with van der Waals surface area (Å²) in [6.07, 6.45) is 5.07. The van der Waals surface area contributed by atoms with E-state index in [1.807, 2.05) is 6.07 Å². The van der Waals surface area contributed by atoms with Crippen LogP contribution in [0.1, 0.15) is 17.2 Å². The molecule has 1 aromatic rings. The van der Waals surface area contributed by atoms with Crippen molar-refractivity contribution in [3.05, 3.63) is 17.2 Å². The summed E-state index contributed by atoms with van der Waals surface area (Å²) in [5.74, 6) is 3.00. The van der Waals surface area contributed by atoms with Gasteiger partial charge in [-0.1, -0.05) is 0 Å². The number of terminal acetylenes is 1. The average Bonchev–Trinajstić information content (AvgIpc) is 2.30. The summed E-state index contributed by atoms with van der Waals surface area (Å²) in [5, 5.41) is 8.43. The monoisotopic (exact) mass is 131 g/mol. The number of nitrogens with zero attached hydrogens (tertiary/aromatic N) is 2. The van der Waals surface area contributed by atoms with Gasteiger partial charge in [0.05, 0.1) is 0 Å². The summed E-state index contributed by atoms with van der Waals surface area (Å²) >= 11 is 0. The number of hydrogen-bond donors (Lipinski definition) is 1. The predicted molar refractivity (Wildman–Crippen MR) is 36.0 cm³/mol. The molecule has 0 amide bonds. The van der Waals surface area contributed by atoms with E-state index in [2.05, 4.69) is 15.9 Å². The molecule has 0 saturated heterocycles. The fraction of sp³-hybridized carbons (Fsp3) is 0.143. The Bertz CT molecular complexity index is 290. The van der Waals surface area contributed by atoms with Gasteiger partial charge in [-0.3, -0.25) is 0 Å². The molecule has 0 unspecified atom stereocenters. The van der Waals surface area contributed by atoms with Crippen molar-refractivity contribution in [2.75, 3.05) is 0 Å². The summed E-state index contributed by atoms with van der Waals surface area (Å²) < 4.78 is 0. The maximum Gasteiger partial charge on any atom is 0.174 e. The highest BCUT2D eigenvalue weighted by molar-refractivity contribution is 5.38. The zero-order valence-corrected chi connectivity index (χ0v) is 5.47. The second kappa shape index (κ2) is 2.24. The first kappa shape index (κ1) is 6.38. The van der Waals surface area contributed by atoms with Crippen LogP contribution in [0, 0.1) is 30.6 Å². The third-order valence-corrected chi connectivity index (χ3v) is 1.07. The Morgan fingerprint density at radius 2 is 2.40 bits per heavy atom. The van der Waals surface area contributed by atoms with Crippen molar-refractivity contribution >= 4 is 0 Å². The first-order valence-electron chi connectivity index (χ1n) is 2.71. The van der Waals surface area contributed by atoms with E-state index in [1.54, 1.807) is 6.92 Å². The number of rotatable bonds is 0. The minimum Gasteiger partial charge on any atom is -0.335 e. The second-order valence-corrected chi connectivity index (χ2v) is 1.80. The summed E-state index contributed by atoms with van der Waals surface area (Å²) in [6, 6.07) is 1.88. The van der Waals surface area contributed by atoms with E-state index in [0.717, 1.165) is 0 Å². The SMILES string of the molecule is C#Cc1[nH]c(C)nc1C#N. The molecule has 0 saturated carbocycles. The molecule has 1 heterocycles. The zero-order chi connectivity index (χ0) is 7.56. The van der Waals surface area contributed by atoms with Gasteiger partial charge >= 0.3 is 0 Å². The number of H-pyrrole nitrogens is 1. The molecule has 48 valence electrons. The van der Waals surface area contributed by atoms with Crippen LogP contribution in [0.2, 0.25) is 0 Å². The zero-order valence-electron chi connectivity index (χ0n) is 5.47. The number of nitrogens with one attached hydrogen (secondary N) is 1. The lowest BCUT2D eigenvalue weighted by molar-refractivity contribution is 1.14. The molecular weight excluding hydrogens is 126 g/mol. The van der Waals surface area contributed by atoms with Crippen molar-refractivity contribution in [3.63, 3.8) is 0 Å². The summed E-state index contributed by atoms with van der Waals surface area (Å²) in [5.41, 5.74) is 0.750. The number of hydrogen-bond acceptors (Lipinski definition) is 2. The smallest absolute Gasteiger partial charge is 0.174 e. The van der Waals surface area contributed by atoms with E-state index in [1.165, 1.54) is 0 Å². The molecule has 3 heteroatoms. The van der Waals surface area contributed by atoms with Gasteiger partial charge < -0.3 is 4.98 Å². The molecule has 3 nitrogen and oxygen atoms in total. The lowest BCUT2D eigenvalue weighted by Crippen LogP contribution is -1.77. The lowest BCUT2D eigenvalue weighted by atomic mass is 10.4. The largest absolute Gasteiger partial charge is 0.335 e. The lowest BCUT2D eigenvalue weighted by Gasteiger charge is -1.76. The number of nitriles is 1. The molecule has 0 aliphatic heterocycles. The van der Waals surface area contributed by atoms with E-state index < -0.39 is 0 Å². The van der Waals surface area contributed by atoms with Crippen LogP contribution >= 0.6 is 0 Å². The number of aromatic nitrogens is 2. The number of aryl methyl sites for hydroxylation is 1. The number of aromatic amines is 1. The van der Waals surface area contributed by atoms with Gasteiger partial charge in [-0.2, -0.15) is 5.26 Å². The minimum atomic E-state index is 0.292. The summed E-state index contributed by atoms with van der Waals surface area (Å²) in [7, 11) is 0. The van der Waals surface area contributed by atoms with Gasteiger partial charge in [-0.05, 0) is 12.8 Å². The molecule has 1 rings (SSSR count). The topological polar surface area (TPSA) is 52.5 Å². The maximum atomic E-state index is 8.43. The van der Waals surface area contributed by atoms with Crippen LogP contribution in [0.4, 0.5) is 0 Å². The van der Waals surface area contributed by atoms with Crippen molar-refractivity contribution in [3.8, 4) is 18.4 Å². The van der Waals surface area contributed by atoms with Crippen molar-refractivity contribution in [2.24, 2.45) is 0 Å². The third kappa shape index (κ3) is 0.852. The molecule has 10 heavy (non-hydrogen) atoms. The molecule has 0 fully saturated rings. The molecule has 0 aliphatic carbocycles. The maximum absolute atomic E-state index is 8.43. The highest BCUT2D eigenvalue weighted by Crippen LogP contribution is 2.00. The molecule has 1 aromatic heterocycles. The van der Waals surface area contributed by atoms with Crippen LogP contribution in [0.3, 0.4) is 0 Å². The van der Waals surface area contributed by atoms with Crippen LogP contribution in [0.25, 0.3) is 0 Å². The summed E-state index contributed by atoms with van der Waals surface area (Å²) in [6.45, 7) is 1.75. The standard InChI is InChI=1S/C7H5N3/c1-3-6-7(4-8)10-5(2)9-6/h1H,2H3,(H,9,10). The molecule has 0 aliphatic rings. The average molecular weight is 131 g/mol. The first-order valence-corrected chi connectivity index (χ1v) is 2.71. The Kier molecular flexibility index (Phi) is 1.43. The van der Waals surface area contributed by atoms with Gasteiger partial charge in [-0.15, -0.1) is 6.42 Å². The number of imidazole rings is 1. The van der Waals surface area contributed by atoms with E-state index in [9.17, 15) is 0 Å². The van der Waals surface area contributed by atoms with Crippen molar-refractivity contribution in [1.29, 1.82) is 5.26 Å². The third-order valence-electron chi connectivity index (χ3n) is 1.07. The van der Waals surface area contributed by atoms with Gasteiger partial charge in [-0.25, -0.2) is 4.98 Å². The van der Waals surface area contributed by atoms with Crippen LogP contribution in [0.15, 0.2) is 0 Å². The van der Waals surface area contributed by atoms with Gasteiger partial charge in [0, 0.05) is 0 Å². The molecule has 1 N–H and O–H groups in total. The van der Waals surface area contributed by atoms with E-state index in [-0.39, 0.29) is 0 Å². The quantitative estimate of drug-likeness (QED) is 0.523. The highest BCUT2D eigenvalue weighted by Gasteiger charge is 2.02. The van der Waals surface area contributed by atoms with Gasteiger partial charge in [0.25, 0.3) is 0 Å². The fourth-order valence-electron chi connectivity index (χ4n) is 0.677. The minimum absolute atomic E-state index is 0.292. The van der Waals surface area contributed by atoms with Crippen molar-refractivity contribution in [2.45, 2.75) is 6.92 Å². The molecule has 0 radical (unpaired) electrons. The van der Waals surface area contributed by atoms with Crippen LogP contribution < -0.4 is 0 Å². The Morgan fingerprint density at radius 3 is 2.80 bits per heavy atom. The van der Waals surface area contributed by atoms with E-state index in [0.29, 0.717) is 17.2 Å². The molecule has 0 aromatic carbocycles. The van der Waals surface area contributed by atoms with Gasteiger partial charge in [0.1, 0.15) is 17.6 Å². The van der Waals surface area contributed by atoms with Crippen LogP contribution in [-0.4, -0.2) is 9.97 Å². The van der Waals surface area contributed by atoms with E-state index >= 15 is 0 Å². The van der Waals surface area contributed by atoms with Gasteiger partial charge in [0.15, 0.2) is 5.69 Å². The highest BCUT2D eigenvalue weighted by atomic mass is 14.9. The Labute approximate surface area is 58.7 Å². The van der Waals surface area contributed by atoms with Crippen LogP contribution in [0.5, 0.6) is 0 Å². The predicted octanol–water partition coefficient (Wildman–Crippen LogP) is 0.571. The molecular formula is C7H5N3. The molecule has 0 bridgehead atoms. The Balaban J connectivity index is 3.28. The second-order valence-electron chi connectivity index (χ2n) is 1.80. The normalized spacial score (nSPS) is 8.30. The van der Waals surface area contributed by atoms with Crippen LogP contribution in [-0.2, 0) is 0 Å². The first-order chi connectivity index (χ1) is 4.77. The van der Waals surface area contributed by atoms with Crippen molar-refractivity contribution in [1.82, 2.24) is 9.97 Å². The summed E-state index contributed by atoms with van der Waals surface area (Å²) in [4.78, 5) is 6.62. The Morgan fingerprint density at radius 1 is 1.70 bits per heavy atom. The van der Waals surface area contributed by atoms with E-state index in [4.69, 9.17) is 11.7 Å². The molecule has 0 spiro atoms.